The average molecular weight is 356 g/mol. The third kappa shape index (κ3) is 3.23. The van der Waals surface area contributed by atoms with Gasteiger partial charge in [0.15, 0.2) is 5.82 Å². The lowest BCUT2D eigenvalue weighted by atomic mass is 9.83. The third-order valence-corrected chi connectivity index (χ3v) is 5.51. The molecule has 0 aliphatic carbocycles. The predicted molar refractivity (Wildman–Crippen MR) is 94.4 cm³/mol. The lowest BCUT2D eigenvalue weighted by Gasteiger charge is -2.47. The van der Waals surface area contributed by atoms with Crippen molar-refractivity contribution in [1.82, 2.24) is 29.7 Å². The van der Waals surface area contributed by atoms with Gasteiger partial charge in [0.25, 0.3) is 5.91 Å². The summed E-state index contributed by atoms with van der Waals surface area (Å²) in [5.41, 5.74) is 1.93. The van der Waals surface area contributed by atoms with Gasteiger partial charge in [0.1, 0.15) is 0 Å². The van der Waals surface area contributed by atoms with Crippen LogP contribution in [0.2, 0.25) is 0 Å². The highest BCUT2D eigenvalue weighted by Gasteiger charge is 2.40. The summed E-state index contributed by atoms with van der Waals surface area (Å²) in [6, 6.07) is 0.224. The Kier molecular flexibility index (Phi) is 4.48. The molecule has 2 atom stereocenters. The quantitative estimate of drug-likeness (QED) is 0.858. The van der Waals surface area contributed by atoms with Gasteiger partial charge in [-0.25, -0.2) is 9.97 Å². The van der Waals surface area contributed by atoms with E-state index in [9.17, 15) is 9.59 Å². The molecular formula is C18H24N6O2. The number of likely N-dealkylation sites (tertiary alicyclic amines) is 2. The Balaban J connectivity index is 1.41. The fourth-order valence-corrected chi connectivity index (χ4v) is 4.16. The molecule has 4 rings (SSSR count). The summed E-state index contributed by atoms with van der Waals surface area (Å²) in [4.78, 5) is 43.3. The summed E-state index contributed by atoms with van der Waals surface area (Å²) in [7, 11) is 0. The highest BCUT2D eigenvalue weighted by Crippen LogP contribution is 2.31. The van der Waals surface area contributed by atoms with E-state index >= 15 is 0 Å². The fraction of sp³-hybridized carbons (Fsp3) is 0.556. The van der Waals surface area contributed by atoms with Gasteiger partial charge in [-0.2, -0.15) is 0 Å². The number of carbonyl (C=O) groups is 2. The minimum atomic E-state index is -0.0440. The molecule has 0 radical (unpaired) electrons. The molecule has 0 unspecified atom stereocenters. The summed E-state index contributed by atoms with van der Waals surface area (Å²) in [6.07, 6.45) is 8.16. The molecule has 2 fully saturated rings. The topological polar surface area (TPSA) is 98.0 Å². The standard InChI is InChI=1S/C18H24N6O2/c1-12-8-20-17(22-12)18(26)23-6-5-15-13(10-23)2-3-16(25)24(15)7-4-14-9-19-11-21-14/h8-9,11,13,15H,2-7,10H2,1H3,(H,19,21)(H,20,22)/t13-,15+/m0/s1. The largest absolute Gasteiger partial charge is 0.348 e. The summed E-state index contributed by atoms with van der Waals surface area (Å²) < 4.78 is 0. The molecule has 4 heterocycles. The molecule has 138 valence electrons. The van der Waals surface area contributed by atoms with Gasteiger partial charge in [-0.15, -0.1) is 0 Å². The third-order valence-electron chi connectivity index (χ3n) is 5.51. The molecule has 26 heavy (non-hydrogen) atoms. The van der Waals surface area contributed by atoms with Gasteiger partial charge in [-0.05, 0) is 25.7 Å². The summed E-state index contributed by atoms with van der Waals surface area (Å²) in [5, 5.41) is 0. The van der Waals surface area contributed by atoms with E-state index in [2.05, 4.69) is 19.9 Å². The van der Waals surface area contributed by atoms with Crippen LogP contribution < -0.4 is 0 Å². The van der Waals surface area contributed by atoms with Crippen molar-refractivity contribution in [1.29, 1.82) is 0 Å². The van der Waals surface area contributed by atoms with Gasteiger partial charge < -0.3 is 19.8 Å². The number of aryl methyl sites for hydroxylation is 1. The Hall–Kier alpha value is -2.64. The van der Waals surface area contributed by atoms with Gasteiger partial charge in [0.05, 0.1) is 6.33 Å². The number of amides is 2. The van der Waals surface area contributed by atoms with Crippen LogP contribution in [0.25, 0.3) is 0 Å². The Morgan fingerprint density at radius 1 is 1.35 bits per heavy atom. The van der Waals surface area contributed by atoms with E-state index in [1.165, 1.54) is 0 Å². The molecule has 0 saturated carbocycles. The van der Waals surface area contributed by atoms with Crippen molar-refractivity contribution in [3.63, 3.8) is 0 Å². The van der Waals surface area contributed by atoms with Crippen molar-refractivity contribution < 1.29 is 9.59 Å². The van der Waals surface area contributed by atoms with E-state index in [4.69, 9.17) is 0 Å². The van der Waals surface area contributed by atoms with Crippen LogP contribution in [0.4, 0.5) is 0 Å². The first-order valence-electron chi connectivity index (χ1n) is 9.19. The van der Waals surface area contributed by atoms with Crippen LogP contribution in [0.5, 0.6) is 0 Å². The monoisotopic (exact) mass is 356 g/mol. The first-order chi connectivity index (χ1) is 12.6. The maximum atomic E-state index is 12.7. The summed E-state index contributed by atoms with van der Waals surface area (Å²) >= 11 is 0. The Labute approximate surface area is 152 Å². The lowest BCUT2D eigenvalue weighted by Crippen LogP contribution is -2.57. The minimum Gasteiger partial charge on any atom is -0.348 e. The number of nitrogens with zero attached hydrogens (tertiary/aromatic N) is 4. The van der Waals surface area contributed by atoms with Crippen LogP contribution in [0.1, 0.15) is 41.3 Å². The maximum Gasteiger partial charge on any atom is 0.289 e. The van der Waals surface area contributed by atoms with Crippen molar-refractivity contribution in [3.05, 3.63) is 35.9 Å². The van der Waals surface area contributed by atoms with Gasteiger partial charge in [0.2, 0.25) is 5.91 Å². The molecule has 8 heteroatoms. The molecule has 2 aromatic heterocycles. The highest BCUT2D eigenvalue weighted by atomic mass is 16.2. The van der Waals surface area contributed by atoms with Crippen LogP contribution in [-0.4, -0.2) is 67.2 Å². The van der Waals surface area contributed by atoms with E-state index in [1.807, 2.05) is 16.7 Å². The van der Waals surface area contributed by atoms with E-state index in [1.54, 1.807) is 18.7 Å². The molecule has 2 aliphatic heterocycles. The van der Waals surface area contributed by atoms with Gasteiger partial charge in [-0.1, -0.05) is 0 Å². The number of imidazole rings is 2. The maximum absolute atomic E-state index is 12.7. The number of aromatic nitrogens is 4. The summed E-state index contributed by atoms with van der Waals surface area (Å²) in [5.74, 6) is 0.928. The van der Waals surface area contributed by atoms with Crippen molar-refractivity contribution in [2.24, 2.45) is 5.92 Å². The van der Waals surface area contributed by atoms with Crippen LogP contribution >= 0.6 is 0 Å². The van der Waals surface area contributed by atoms with Crippen molar-refractivity contribution in [3.8, 4) is 0 Å². The molecule has 0 spiro atoms. The number of hydrogen-bond donors (Lipinski definition) is 2. The minimum absolute atomic E-state index is 0.0440. The number of piperidine rings is 2. The number of H-pyrrole nitrogens is 2. The normalized spacial score (nSPS) is 23.2. The smallest absolute Gasteiger partial charge is 0.289 e. The fourth-order valence-electron chi connectivity index (χ4n) is 4.16. The number of nitrogens with one attached hydrogen (secondary N) is 2. The zero-order valence-corrected chi connectivity index (χ0v) is 14.9. The average Bonchev–Trinajstić information content (AvgIpc) is 3.31. The molecule has 0 bridgehead atoms. The Bertz CT molecular complexity index is 783. The number of fused-ring (bicyclic) bond motifs is 1. The molecule has 0 aromatic carbocycles. The zero-order valence-electron chi connectivity index (χ0n) is 14.9. The molecule has 2 aliphatic rings. The molecule has 2 N–H and O–H groups in total. The first kappa shape index (κ1) is 16.8. The number of hydrogen-bond acceptors (Lipinski definition) is 4. The Morgan fingerprint density at radius 3 is 2.96 bits per heavy atom. The van der Waals surface area contributed by atoms with Crippen LogP contribution in [0, 0.1) is 12.8 Å². The number of carbonyl (C=O) groups excluding carboxylic acids is 2. The van der Waals surface area contributed by atoms with Crippen molar-refractivity contribution in [2.45, 2.75) is 38.6 Å². The molecule has 2 saturated heterocycles. The molecule has 8 nitrogen and oxygen atoms in total. The number of rotatable bonds is 4. The van der Waals surface area contributed by atoms with E-state index in [0.29, 0.717) is 37.8 Å². The SMILES string of the molecule is Cc1cnc(C(=O)N2CC[C@@H]3[C@@H](CCC(=O)N3CCc3cnc[nH]3)C2)[nH]1. The second kappa shape index (κ2) is 6.93. The van der Waals surface area contributed by atoms with Crippen molar-refractivity contribution >= 4 is 11.8 Å². The second-order valence-electron chi connectivity index (χ2n) is 7.23. The lowest BCUT2D eigenvalue weighted by molar-refractivity contribution is -0.140. The Morgan fingerprint density at radius 2 is 2.23 bits per heavy atom. The second-order valence-corrected chi connectivity index (χ2v) is 7.23. The van der Waals surface area contributed by atoms with Gasteiger partial charge >= 0.3 is 0 Å². The van der Waals surface area contributed by atoms with Gasteiger partial charge in [-0.3, -0.25) is 9.59 Å². The van der Waals surface area contributed by atoms with Crippen LogP contribution in [0.3, 0.4) is 0 Å². The number of aromatic amines is 2. The zero-order chi connectivity index (χ0) is 18.1. The van der Waals surface area contributed by atoms with E-state index in [0.717, 1.165) is 30.7 Å². The van der Waals surface area contributed by atoms with E-state index < -0.39 is 0 Å². The van der Waals surface area contributed by atoms with Crippen LogP contribution in [-0.2, 0) is 11.2 Å². The van der Waals surface area contributed by atoms with Crippen LogP contribution in [0.15, 0.2) is 18.7 Å². The first-order valence-corrected chi connectivity index (χ1v) is 9.19. The molecule has 2 aromatic rings. The predicted octanol–water partition coefficient (Wildman–Crippen LogP) is 1.14. The summed E-state index contributed by atoms with van der Waals surface area (Å²) in [6.45, 7) is 3.94. The van der Waals surface area contributed by atoms with E-state index in [-0.39, 0.29) is 17.9 Å². The van der Waals surface area contributed by atoms with Gasteiger partial charge in [0, 0.05) is 62.3 Å². The molecule has 2 amide bonds. The van der Waals surface area contributed by atoms with Crippen molar-refractivity contribution in [2.75, 3.05) is 19.6 Å². The molecular weight excluding hydrogens is 332 g/mol. The highest BCUT2D eigenvalue weighted by molar-refractivity contribution is 5.90.